The molecule has 252 valence electrons. The topological polar surface area (TPSA) is 128 Å². The highest BCUT2D eigenvalue weighted by Gasteiger charge is 2.28. The first-order chi connectivity index (χ1) is 23.2. The summed E-state index contributed by atoms with van der Waals surface area (Å²) < 4.78 is 6.19. The summed E-state index contributed by atoms with van der Waals surface area (Å²) in [6.07, 6.45) is 1.96. The summed E-state index contributed by atoms with van der Waals surface area (Å²) in [4.78, 5) is 70.3. The van der Waals surface area contributed by atoms with Gasteiger partial charge in [-0.05, 0) is 48.1 Å². The molecule has 11 heteroatoms. The smallest absolute Gasteiger partial charge is 0.255 e. The highest BCUT2D eigenvalue weighted by atomic mass is 16.5. The maximum atomic E-state index is 13.6. The monoisotopic (exact) mass is 653 g/mol. The molecule has 11 nitrogen and oxygen atoms in total. The minimum absolute atomic E-state index is 0.0350. The molecular weight excluding hydrogens is 610 g/mol. The number of amides is 5. The molecule has 1 saturated heterocycles. The third-order valence-corrected chi connectivity index (χ3v) is 8.92. The Morgan fingerprint density at radius 1 is 0.833 bits per heavy atom. The van der Waals surface area contributed by atoms with Gasteiger partial charge in [0, 0.05) is 46.6 Å². The van der Waals surface area contributed by atoms with E-state index in [2.05, 4.69) is 10.6 Å². The molecular formula is C37H43N5O6. The van der Waals surface area contributed by atoms with Crippen LogP contribution in [0.1, 0.15) is 52.7 Å². The van der Waals surface area contributed by atoms with Gasteiger partial charge in [-0.25, -0.2) is 0 Å². The number of hydrogen-bond acceptors (Lipinski definition) is 6. The summed E-state index contributed by atoms with van der Waals surface area (Å²) >= 11 is 0. The number of para-hydroxylation sites is 1. The Morgan fingerprint density at radius 3 is 2.27 bits per heavy atom. The molecule has 3 aromatic rings. The fourth-order valence-corrected chi connectivity index (χ4v) is 5.90. The number of likely N-dealkylation sites (tertiary alicyclic amines) is 1. The Hall–Kier alpha value is -5.19. The van der Waals surface area contributed by atoms with Crippen molar-refractivity contribution in [2.75, 3.05) is 33.8 Å². The molecule has 2 aliphatic heterocycles. The summed E-state index contributed by atoms with van der Waals surface area (Å²) in [6.45, 7) is 1.51. The van der Waals surface area contributed by atoms with Crippen molar-refractivity contribution in [3.8, 4) is 5.75 Å². The number of fused-ring (bicyclic) bond motifs is 1. The maximum absolute atomic E-state index is 13.6. The molecule has 0 aliphatic carbocycles. The van der Waals surface area contributed by atoms with Crippen LogP contribution in [0.15, 0.2) is 78.9 Å². The standard InChI is InChI=1S/C37H43N5O6/c1-40-24-35(45)41(2)29(21-26-9-4-3-5-10-26)25-48-32-12-7-6-11-30(32)36(46)39-31(18-19-33(40)43)37(47)38-22-27-14-16-28(17-15-27)23-42-20-8-13-34(42)44/h3-7,9-12,14-17,29,31H,8,13,18-25H2,1-2H3,(H,38,47)(H,39,46)/t29-,31+/m1/s1. The number of benzene rings is 3. The second-order valence-electron chi connectivity index (χ2n) is 12.4. The van der Waals surface area contributed by atoms with E-state index in [1.807, 2.05) is 59.5 Å². The van der Waals surface area contributed by atoms with Crippen LogP contribution < -0.4 is 15.4 Å². The van der Waals surface area contributed by atoms with Gasteiger partial charge in [-0.3, -0.25) is 24.0 Å². The van der Waals surface area contributed by atoms with E-state index in [0.717, 1.165) is 29.7 Å². The molecule has 0 unspecified atom stereocenters. The molecule has 0 spiro atoms. The average Bonchev–Trinajstić information content (AvgIpc) is 3.50. The predicted molar refractivity (Wildman–Crippen MR) is 180 cm³/mol. The van der Waals surface area contributed by atoms with Gasteiger partial charge in [0.1, 0.15) is 18.4 Å². The quantitative estimate of drug-likeness (QED) is 0.404. The number of likely N-dealkylation sites (N-methyl/N-ethyl adjacent to an activating group) is 2. The molecule has 0 radical (unpaired) electrons. The minimum atomic E-state index is -1.02. The highest BCUT2D eigenvalue weighted by molar-refractivity contribution is 5.99. The van der Waals surface area contributed by atoms with E-state index >= 15 is 0 Å². The van der Waals surface area contributed by atoms with Gasteiger partial charge in [0.25, 0.3) is 5.91 Å². The van der Waals surface area contributed by atoms with Gasteiger partial charge in [-0.2, -0.15) is 0 Å². The third kappa shape index (κ3) is 8.99. The van der Waals surface area contributed by atoms with E-state index in [-0.39, 0.29) is 61.9 Å². The number of ether oxygens (including phenoxy) is 1. The highest BCUT2D eigenvalue weighted by Crippen LogP contribution is 2.21. The molecule has 5 rings (SSSR count). The zero-order valence-corrected chi connectivity index (χ0v) is 27.5. The van der Waals surface area contributed by atoms with Gasteiger partial charge < -0.3 is 30.1 Å². The van der Waals surface area contributed by atoms with Gasteiger partial charge in [0.15, 0.2) is 0 Å². The van der Waals surface area contributed by atoms with Gasteiger partial charge in [0.2, 0.25) is 23.6 Å². The van der Waals surface area contributed by atoms with Crippen molar-refractivity contribution in [3.63, 3.8) is 0 Å². The van der Waals surface area contributed by atoms with Crippen LogP contribution in [0.25, 0.3) is 0 Å². The summed E-state index contributed by atoms with van der Waals surface area (Å²) in [5.41, 5.74) is 3.12. The van der Waals surface area contributed by atoms with E-state index in [9.17, 15) is 24.0 Å². The Kier molecular flexibility index (Phi) is 11.4. The number of nitrogens with zero attached hydrogens (tertiary/aromatic N) is 3. The Bertz CT molecular complexity index is 1610. The van der Waals surface area contributed by atoms with Crippen LogP contribution in [-0.2, 0) is 38.7 Å². The van der Waals surface area contributed by atoms with Crippen LogP contribution >= 0.6 is 0 Å². The fourth-order valence-electron chi connectivity index (χ4n) is 5.90. The Labute approximate surface area is 281 Å². The molecule has 2 heterocycles. The second-order valence-corrected chi connectivity index (χ2v) is 12.4. The molecule has 5 amide bonds. The van der Waals surface area contributed by atoms with Crippen molar-refractivity contribution >= 4 is 29.5 Å². The normalized spacial score (nSPS) is 19.6. The number of carbonyl (C=O) groups is 5. The molecule has 2 aliphatic rings. The van der Waals surface area contributed by atoms with E-state index in [0.29, 0.717) is 25.1 Å². The lowest BCUT2D eigenvalue weighted by molar-refractivity contribution is -0.140. The van der Waals surface area contributed by atoms with Gasteiger partial charge >= 0.3 is 0 Å². The number of rotatable bonds is 7. The Morgan fingerprint density at radius 2 is 1.54 bits per heavy atom. The van der Waals surface area contributed by atoms with Crippen LogP contribution in [0, 0.1) is 0 Å². The van der Waals surface area contributed by atoms with Gasteiger partial charge in [0.05, 0.1) is 18.2 Å². The first-order valence-electron chi connectivity index (χ1n) is 16.4. The van der Waals surface area contributed by atoms with Crippen molar-refractivity contribution in [3.05, 3.63) is 101 Å². The fraction of sp³-hybridized carbons (Fsp3) is 0.378. The zero-order chi connectivity index (χ0) is 34.0. The number of hydrogen-bond donors (Lipinski definition) is 2. The van der Waals surface area contributed by atoms with E-state index < -0.39 is 17.9 Å². The van der Waals surface area contributed by atoms with Gasteiger partial charge in [-0.15, -0.1) is 0 Å². The van der Waals surface area contributed by atoms with E-state index in [1.165, 1.54) is 4.90 Å². The molecule has 1 fully saturated rings. The lowest BCUT2D eigenvalue weighted by atomic mass is 10.1. The van der Waals surface area contributed by atoms with Crippen LogP contribution in [0.5, 0.6) is 5.75 Å². The number of nitrogens with one attached hydrogen (secondary N) is 2. The molecule has 0 saturated carbocycles. The largest absolute Gasteiger partial charge is 0.491 e. The lowest BCUT2D eigenvalue weighted by Crippen LogP contribution is -2.48. The number of carbonyl (C=O) groups excluding carboxylic acids is 5. The lowest BCUT2D eigenvalue weighted by Gasteiger charge is -2.30. The third-order valence-electron chi connectivity index (χ3n) is 8.92. The van der Waals surface area contributed by atoms with E-state index in [4.69, 9.17) is 4.74 Å². The van der Waals surface area contributed by atoms with Crippen molar-refractivity contribution < 1.29 is 28.7 Å². The van der Waals surface area contributed by atoms with Crippen LogP contribution in [0.3, 0.4) is 0 Å². The van der Waals surface area contributed by atoms with E-state index in [1.54, 1.807) is 43.3 Å². The predicted octanol–water partition coefficient (Wildman–Crippen LogP) is 2.92. The van der Waals surface area contributed by atoms with Crippen LogP contribution in [0.4, 0.5) is 0 Å². The first kappa shape index (κ1) is 34.2. The molecule has 48 heavy (non-hydrogen) atoms. The van der Waals surface area contributed by atoms with Crippen LogP contribution in [0.2, 0.25) is 0 Å². The first-order valence-corrected chi connectivity index (χ1v) is 16.4. The summed E-state index contributed by atoms with van der Waals surface area (Å²) in [5, 5.41) is 5.71. The van der Waals surface area contributed by atoms with Gasteiger partial charge in [-0.1, -0.05) is 66.7 Å². The summed E-state index contributed by atoms with van der Waals surface area (Å²) in [5.74, 6) is -1.02. The van der Waals surface area contributed by atoms with Crippen molar-refractivity contribution in [1.29, 1.82) is 0 Å². The van der Waals surface area contributed by atoms with Crippen molar-refractivity contribution in [1.82, 2.24) is 25.3 Å². The SMILES string of the molecule is CN1CC(=O)N(C)[C@H](Cc2ccccc2)COc2ccccc2C(=O)N[C@H](C(=O)NCc2ccc(CN3CCCC3=O)cc2)CCC1=O. The van der Waals surface area contributed by atoms with Crippen molar-refractivity contribution in [2.45, 2.75) is 57.3 Å². The zero-order valence-electron chi connectivity index (χ0n) is 27.5. The molecule has 3 aromatic carbocycles. The molecule has 0 aromatic heterocycles. The van der Waals surface area contributed by atoms with Crippen LogP contribution in [-0.4, -0.2) is 90.1 Å². The molecule has 0 bridgehead atoms. The average molecular weight is 654 g/mol. The minimum Gasteiger partial charge on any atom is -0.491 e. The summed E-state index contributed by atoms with van der Waals surface area (Å²) in [7, 11) is 3.25. The van der Waals surface area contributed by atoms with Crippen molar-refractivity contribution in [2.24, 2.45) is 0 Å². The summed E-state index contributed by atoms with van der Waals surface area (Å²) in [6, 6.07) is 22.8. The second kappa shape index (κ2) is 16.1. The Balaban J connectivity index is 1.30. The maximum Gasteiger partial charge on any atom is 0.255 e. The molecule has 2 N–H and O–H groups in total. The molecule has 2 atom stereocenters.